The average molecular weight is 281 g/mol. The number of aromatic nitrogens is 3. The van der Waals surface area contributed by atoms with Gasteiger partial charge in [0.15, 0.2) is 0 Å². The maximum absolute atomic E-state index is 11.9. The molecule has 0 unspecified atom stereocenters. The first-order chi connectivity index (χ1) is 9.42. The molecule has 0 bridgehead atoms. The lowest BCUT2D eigenvalue weighted by molar-refractivity contribution is 0.295. The molecule has 0 radical (unpaired) electrons. The maximum Gasteiger partial charge on any atom is 0.254 e. The highest BCUT2D eigenvalue weighted by Gasteiger charge is 2.11. The quantitative estimate of drug-likeness (QED) is 0.695. The molecule has 0 saturated carbocycles. The molecular formula is C13H16FN3OS. The van der Waals surface area contributed by atoms with Crippen molar-refractivity contribution in [2.24, 2.45) is 0 Å². The second-order valence-corrected chi connectivity index (χ2v) is 4.64. The van der Waals surface area contributed by atoms with E-state index in [0.717, 1.165) is 42.2 Å². The molecule has 2 rings (SSSR count). The highest BCUT2D eigenvalue weighted by atomic mass is 32.1. The highest BCUT2D eigenvalue weighted by Crippen LogP contribution is 2.26. The Morgan fingerprint density at radius 3 is 2.84 bits per heavy atom. The molecule has 0 saturated heterocycles. The molecule has 0 aliphatic heterocycles. The number of hydrogen-bond donors (Lipinski definition) is 0. The first-order valence-electron chi connectivity index (χ1n) is 6.33. The lowest BCUT2D eigenvalue weighted by atomic mass is 10.2. The van der Waals surface area contributed by atoms with Crippen molar-refractivity contribution in [1.82, 2.24) is 13.7 Å². The summed E-state index contributed by atoms with van der Waals surface area (Å²) in [4.78, 5) is 4.06. The van der Waals surface area contributed by atoms with Gasteiger partial charge in [0.2, 0.25) is 0 Å². The topological polar surface area (TPSA) is 47.9 Å². The molecule has 0 aliphatic carbocycles. The monoisotopic (exact) mass is 281 g/mol. The summed E-state index contributed by atoms with van der Waals surface area (Å²) in [5.74, 6) is 0.559. The van der Waals surface area contributed by atoms with Crippen LogP contribution < -0.4 is 4.74 Å². The van der Waals surface area contributed by atoms with Gasteiger partial charge in [-0.3, -0.25) is 9.37 Å². The van der Waals surface area contributed by atoms with E-state index in [1.807, 2.05) is 12.1 Å². The normalized spacial score (nSPS) is 10.6. The zero-order chi connectivity index (χ0) is 13.3. The van der Waals surface area contributed by atoms with Gasteiger partial charge in [-0.15, -0.1) is 4.37 Å². The fourth-order valence-electron chi connectivity index (χ4n) is 1.67. The standard InChI is InChI=1S/C13H16FN3OS/c14-7-3-1-2-4-9-18-13-12(16-19-17-13)11-6-5-8-15-10-11/h5-6,8,10H,1-4,7,9H2. The van der Waals surface area contributed by atoms with Crippen LogP contribution >= 0.6 is 11.7 Å². The fourth-order valence-corrected chi connectivity index (χ4v) is 2.19. The Labute approximate surface area is 116 Å². The van der Waals surface area contributed by atoms with E-state index < -0.39 is 0 Å². The predicted octanol–water partition coefficient (Wildman–Crippen LogP) is 3.51. The van der Waals surface area contributed by atoms with E-state index in [2.05, 4.69) is 13.7 Å². The van der Waals surface area contributed by atoms with E-state index in [-0.39, 0.29) is 6.67 Å². The summed E-state index contributed by atoms with van der Waals surface area (Å²) in [7, 11) is 0. The number of pyridine rings is 1. The second kappa shape index (κ2) is 7.78. The zero-order valence-corrected chi connectivity index (χ0v) is 11.4. The van der Waals surface area contributed by atoms with Gasteiger partial charge in [0.05, 0.1) is 25.0 Å². The minimum Gasteiger partial charge on any atom is -0.475 e. The van der Waals surface area contributed by atoms with E-state index in [1.54, 1.807) is 12.4 Å². The highest BCUT2D eigenvalue weighted by molar-refractivity contribution is 6.99. The molecular weight excluding hydrogens is 265 g/mol. The van der Waals surface area contributed by atoms with Crippen molar-refractivity contribution in [1.29, 1.82) is 0 Å². The van der Waals surface area contributed by atoms with Gasteiger partial charge in [-0.2, -0.15) is 4.37 Å². The summed E-state index contributed by atoms with van der Waals surface area (Å²) in [6, 6.07) is 3.78. The van der Waals surface area contributed by atoms with Crippen LogP contribution in [-0.4, -0.2) is 27.0 Å². The molecule has 2 heterocycles. The minimum atomic E-state index is -0.234. The van der Waals surface area contributed by atoms with Crippen LogP contribution in [0.2, 0.25) is 0 Å². The van der Waals surface area contributed by atoms with Crippen LogP contribution in [0, 0.1) is 0 Å². The third kappa shape index (κ3) is 4.24. The lowest BCUT2D eigenvalue weighted by Crippen LogP contribution is -1.99. The summed E-state index contributed by atoms with van der Waals surface area (Å²) in [5, 5.41) is 0. The van der Waals surface area contributed by atoms with Crippen LogP contribution in [0.15, 0.2) is 24.5 Å². The van der Waals surface area contributed by atoms with E-state index >= 15 is 0 Å². The van der Waals surface area contributed by atoms with Gasteiger partial charge in [-0.05, 0) is 31.4 Å². The number of ether oxygens (including phenoxy) is 1. The van der Waals surface area contributed by atoms with Crippen LogP contribution in [0.3, 0.4) is 0 Å². The number of unbranched alkanes of at least 4 members (excludes halogenated alkanes) is 3. The van der Waals surface area contributed by atoms with Crippen LogP contribution in [0.4, 0.5) is 4.39 Å². The largest absolute Gasteiger partial charge is 0.475 e. The number of hydrogen-bond acceptors (Lipinski definition) is 5. The van der Waals surface area contributed by atoms with Crippen molar-refractivity contribution in [3.05, 3.63) is 24.5 Å². The zero-order valence-electron chi connectivity index (χ0n) is 10.6. The van der Waals surface area contributed by atoms with E-state index in [4.69, 9.17) is 4.74 Å². The first-order valence-corrected chi connectivity index (χ1v) is 7.06. The smallest absolute Gasteiger partial charge is 0.254 e. The summed E-state index contributed by atoms with van der Waals surface area (Å²) in [5.41, 5.74) is 1.64. The van der Waals surface area contributed by atoms with Gasteiger partial charge < -0.3 is 4.74 Å². The number of halogens is 1. The number of alkyl halides is 1. The van der Waals surface area contributed by atoms with Gasteiger partial charge in [0, 0.05) is 18.0 Å². The minimum absolute atomic E-state index is 0.234. The molecule has 0 spiro atoms. The van der Waals surface area contributed by atoms with Gasteiger partial charge in [0.1, 0.15) is 5.69 Å². The van der Waals surface area contributed by atoms with Crippen molar-refractivity contribution >= 4 is 11.7 Å². The SMILES string of the molecule is FCCCCCCOc1nsnc1-c1cccnc1. The van der Waals surface area contributed by atoms with Crippen LogP contribution in [0.25, 0.3) is 11.3 Å². The van der Waals surface area contributed by atoms with Crippen LogP contribution in [-0.2, 0) is 0 Å². The molecule has 0 fully saturated rings. The van der Waals surface area contributed by atoms with Crippen molar-refractivity contribution in [3.63, 3.8) is 0 Å². The van der Waals surface area contributed by atoms with E-state index in [0.29, 0.717) is 18.9 Å². The third-order valence-corrected chi connectivity index (χ3v) is 3.17. The predicted molar refractivity (Wildman–Crippen MR) is 73.1 cm³/mol. The van der Waals surface area contributed by atoms with Gasteiger partial charge in [0.25, 0.3) is 5.88 Å². The summed E-state index contributed by atoms with van der Waals surface area (Å²) in [6.07, 6.45) is 6.89. The maximum atomic E-state index is 11.9. The van der Waals surface area contributed by atoms with Crippen molar-refractivity contribution < 1.29 is 9.13 Å². The van der Waals surface area contributed by atoms with Crippen molar-refractivity contribution in [3.8, 4) is 17.1 Å². The molecule has 0 N–H and O–H groups in total. The molecule has 2 aromatic rings. The summed E-state index contributed by atoms with van der Waals surface area (Å²) < 4.78 is 25.9. The second-order valence-electron chi connectivity index (χ2n) is 4.11. The first kappa shape index (κ1) is 13.9. The molecule has 0 atom stereocenters. The lowest BCUT2D eigenvalue weighted by Gasteiger charge is -2.04. The number of nitrogens with zero attached hydrogens (tertiary/aromatic N) is 3. The molecule has 19 heavy (non-hydrogen) atoms. The Morgan fingerprint density at radius 2 is 2.05 bits per heavy atom. The van der Waals surface area contributed by atoms with Crippen LogP contribution in [0.5, 0.6) is 5.88 Å². The number of rotatable bonds is 8. The van der Waals surface area contributed by atoms with Crippen molar-refractivity contribution in [2.45, 2.75) is 25.7 Å². The Hall–Kier alpha value is -1.56. The summed E-state index contributed by atoms with van der Waals surface area (Å²) in [6.45, 7) is 0.354. The van der Waals surface area contributed by atoms with Gasteiger partial charge in [-0.1, -0.05) is 6.42 Å². The Morgan fingerprint density at radius 1 is 1.16 bits per heavy atom. The fraction of sp³-hybridized carbons (Fsp3) is 0.462. The average Bonchev–Trinajstić information content (AvgIpc) is 2.92. The Bertz CT molecular complexity index is 478. The molecule has 0 aromatic carbocycles. The molecule has 6 heteroatoms. The Kier molecular flexibility index (Phi) is 5.68. The molecule has 4 nitrogen and oxygen atoms in total. The summed E-state index contributed by atoms with van der Waals surface area (Å²) >= 11 is 1.13. The molecule has 0 aliphatic rings. The molecule has 0 amide bonds. The van der Waals surface area contributed by atoms with E-state index in [9.17, 15) is 4.39 Å². The van der Waals surface area contributed by atoms with Crippen LogP contribution in [0.1, 0.15) is 25.7 Å². The van der Waals surface area contributed by atoms with E-state index in [1.165, 1.54) is 0 Å². The molecule has 102 valence electrons. The van der Waals surface area contributed by atoms with Crippen molar-refractivity contribution in [2.75, 3.05) is 13.3 Å². The third-order valence-electron chi connectivity index (χ3n) is 2.66. The van der Waals surface area contributed by atoms with Gasteiger partial charge >= 0.3 is 0 Å². The Balaban J connectivity index is 1.83. The van der Waals surface area contributed by atoms with Gasteiger partial charge in [-0.25, -0.2) is 0 Å². The molecule has 2 aromatic heterocycles.